The number of nitrogens with one attached hydrogen (secondary N) is 1. The van der Waals surface area contributed by atoms with Gasteiger partial charge in [0.05, 0.1) is 17.2 Å². The van der Waals surface area contributed by atoms with Crippen molar-refractivity contribution in [1.29, 1.82) is 0 Å². The van der Waals surface area contributed by atoms with Gasteiger partial charge in [-0.3, -0.25) is 13.9 Å². The average Bonchev–Trinajstić information content (AvgIpc) is 2.97. The van der Waals surface area contributed by atoms with E-state index in [1.54, 1.807) is 61.5 Å². The van der Waals surface area contributed by atoms with Gasteiger partial charge in [0.15, 0.2) is 0 Å². The van der Waals surface area contributed by atoms with Crippen molar-refractivity contribution < 1.29 is 22.7 Å². The highest BCUT2D eigenvalue weighted by atomic mass is 35.5. The van der Waals surface area contributed by atoms with E-state index in [0.717, 1.165) is 9.87 Å². The number of hydrogen-bond acceptors (Lipinski definition) is 5. The summed E-state index contributed by atoms with van der Waals surface area (Å²) >= 11 is 12.9. The Labute approximate surface area is 258 Å². The van der Waals surface area contributed by atoms with Crippen molar-refractivity contribution in [3.63, 3.8) is 0 Å². The van der Waals surface area contributed by atoms with Gasteiger partial charge in [-0.1, -0.05) is 60.8 Å². The van der Waals surface area contributed by atoms with Gasteiger partial charge < -0.3 is 15.0 Å². The van der Waals surface area contributed by atoms with Crippen LogP contribution < -0.4 is 14.4 Å². The molecule has 0 aliphatic heterocycles. The van der Waals surface area contributed by atoms with Crippen LogP contribution in [0, 0.1) is 6.92 Å². The molecule has 8 nitrogen and oxygen atoms in total. The molecule has 2 amide bonds. The summed E-state index contributed by atoms with van der Waals surface area (Å²) in [4.78, 5) is 28.7. The summed E-state index contributed by atoms with van der Waals surface area (Å²) in [5.41, 5.74) is 1.70. The van der Waals surface area contributed by atoms with E-state index in [4.69, 9.17) is 27.9 Å². The third-order valence-electron chi connectivity index (χ3n) is 6.65. The van der Waals surface area contributed by atoms with Gasteiger partial charge in [-0.15, -0.1) is 0 Å². The fourth-order valence-electron chi connectivity index (χ4n) is 4.38. The van der Waals surface area contributed by atoms with Crippen molar-refractivity contribution >= 4 is 50.7 Å². The van der Waals surface area contributed by atoms with E-state index < -0.39 is 28.5 Å². The van der Waals surface area contributed by atoms with E-state index in [0.29, 0.717) is 53.0 Å². The number of nitrogens with zero attached hydrogens (tertiary/aromatic N) is 2. The minimum Gasteiger partial charge on any atom is -0.494 e. The van der Waals surface area contributed by atoms with Gasteiger partial charge >= 0.3 is 0 Å². The molecule has 11 heteroatoms. The molecule has 0 heterocycles. The number of amides is 2. The third kappa shape index (κ3) is 8.18. The number of benzene rings is 3. The number of aryl methyl sites for hydroxylation is 1. The number of ether oxygens (including phenoxy) is 1. The van der Waals surface area contributed by atoms with Crippen LogP contribution in [0.2, 0.25) is 10.0 Å². The summed E-state index contributed by atoms with van der Waals surface area (Å²) in [5, 5.41) is 3.52. The number of sulfonamides is 1. The normalized spacial score (nSPS) is 12.0. The Hall–Kier alpha value is -3.27. The largest absolute Gasteiger partial charge is 0.494 e. The molecule has 1 atom stereocenters. The van der Waals surface area contributed by atoms with Crippen LogP contribution in [0.5, 0.6) is 5.75 Å². The predicted molar refractivity (Wildman–Crippen MR) is 168 cm³/mol. The van der Waals surface area contributed by atoms with E-state index in [1.807, 2.05) is 20.8 Å². The van der Waals surface area contributed by atoms with Crippen LogP contribution >= 0.6 is 23.2 Å². The number of anilines is 1. The molecule has 0 saturated carbocycles. The molecule has 3 rings (SSSR count). The molecule has 0 aliphatic carbocycles. The molecule has 3 aromatic rings. The second-order valence-electron chi connectivity index (χ2n) is 9.69. The smallest absolute Gasteiger partial charge is 0.264 e. The molecule has 1 N–H and O–H groups in total. The maximum atomic E-state index is 14.2. The zero-order chi connectivity index (χ0) is 30.9. The summed E-state index contributed by atoms with van der Waals surface area (Å²) in [5.74, 6) is -0.396. The molecule has 0 bridgehead atoms. The van der Waals surface area contributed by atoms with Crippen molar-refractivity contribution in [3.8, 4) is 5.75 Å². The molecule has 226 valence electrons. The highest BCUT2D eigenvalue weighted by Gasteiger charge is 2.34. The molecule has 0 saturated heterocycles. The lowest BCUT2D eigenvalue weighted by molar-refractivity contribution is -0.140. The van der Waals surface area contributed by atoms with Crippen molar-refractivity contribution in [2.45, 2.75) is 58.0 Å². The second-order valence-corrected chi connectivity index (χ2v) is 12.4. The summed E-state index contributed by atoms with van der Waals surface area (Å²) in [6.45, 7) is 7.67. The molecule has 0 unspecified atom stereocenters. The first-order valence-electron chi connectivity index (χ1n) is 13.9. The SMILES string of the molecule is CCCNC(=O)[C@H](CC)N(Cc1c(Cl)cccc1Cl)C(=O)CN(c1ccc(C)cc1)S(=O)(=O)c1ccc(OCC)cc1. The Bertz CT molecular complexity index is 1440. The third-order valence-corrected chi connectivity index (χ3v) is 9.15. The first-order chi connectivity index (χ1) is 20.0. The lowest BCUT2D eigenvalue weighted by Gasteiger charge is -2.33. The van der Waals surface area contributed by atoms with Crippen LogP contribution in [-0.4, -0.2) is 50.9 Å². The first kappa shape index (κ1) is 33.2. The maximum absolute atomic E-state index is 14.2. The molecular formula is C31H37Cl2N3O5S. The van der Waals surface area contributed by atoms with E-state index >= 15 is 0 Å². The standard InChI is InChI=1S/C31H37Cl2N3O5S/c1-5-19-34-31(38)29(6-2)35(20-26-27(32)9-8-10-28(26)33)30(37)21-36(23-13-11-22(4)12-14-23)42(39,40)25-17-15-24(16-18-25)41-7-3/h8-18,29H,5-7,19-21H2,1-4H3,(H,34,38)/t29-/m0/s1. The second kappa shape index (κ2) is 15.3. The Morgan fingerprint density at radius 1 is 0.929 bits per heavy atom. The van der Waals surface area contributed by atoms with Crippen LogP contribution in [-0.2, 0) is 26.2 Å². The van der Waals surface area contributed by atoms with E-state index in [-0.39, 0.29) is 17.3 Å². The zero-order valence-corrected chi connectivity index (χ0v) is 26.6. The molecule has 0 aromatic heterocycles. The van der Waals surface area contributed by atoms with E-state index in [2.05, 4.69) is 5.32 Å². The van der Waals surface area contributed by atoms with E-state index in [9.17, 15) is 18.0 Å². The van der Waals surface area contributed by atoms with Crippen molar-refractivity contribution in [2.75, 3.05) is 24.0 Å². The molecule has 0 spiro atoms. The first-order valence-corrected chi connectivity index (χ1v) is 16.0. The van der Waals surface area contributed by atoms with Crippen LogP contribution in [0.15, 0.2) is 71.6 Å². The lowest BCUT2D eigenvalue weighted by atomic mass is 10.1. The van der Waals surface area contributed by atoms with Crippen molar-refractivity contribution in [1.82, 2.24) is 10.2 Å². The molecule has 42 heavy (non-hydrogen) atoms. The lowest BCUT2D eigenvalue weighted by Crippen LogP contribution is -2.52. The zero-order valence-electron chi connectivity index (χ0n) is 24.3. The average molecular weight is 635 g/mol. The van der Waals surface area contributed by atoms with Crippen LogP contribution in [0.25, 0.3) is 0 Å². The summed E-state index contributed by atoms with van der Waals surface area (Å²) in [6.07, 6.45) is 1.01. The summed E-state index contributed by atoms with van der Waals surface area (Å²) < 4.78 is 34.6. The number of carbonyl (C=O) groups excluding carboxylic acids is 2. The highest BCUT2D eigenvalue weighted by Crippen LogP contribution is 2.29. The molecule has 0 radical (unpaired) electrons. The molecule has 0 fully saturated rings. The Morgan fingerprint density at radius 3 is 2.10 bits per heavy atom. The predicted octanol–water partition coefficient (Wildman–Crippen LogP) is 6.23. The monoisotopic (exact) mass is 633 g/mol. The maximum Gasteiger partial charge on any atom is 0.264 e. The van der Waals surface area contributed by atoms with Crippen LogP contribution in [0.4, 0.5) is 5.69 Å². The number of carbonyl (C=O) groups is 2. The summed E-state index contributed by atoms with van der Waals surface area (Å²) in [6, 6.07) is 17.0. The van der Waals surface area contributed by atoms with Gasteiger partial charge in [-0.2, -0.15) is 0 Å². The Kier molecular flexibility index (Phi) is 12.1. The number of halogens is 2. The fraction of sp³-hybridized carbons (Fsp3) is 0.355. The number of rotatable bonds is 14. The Morgan fingerprint density at radius 2 is 1.55 bits per heavy atom. The van der Waals surface area contributed by atoms with Crippen molar-refractivity contribution in [2.24, 2.45) is 0 Å². The number of hydrogen-bond donors (Lipinski definition) is 1. The molecule has 0 aliphatic rings. The van der Waals surface area contributed by atoms with E-state index in [1.165, 1.54) is 17.0 Å². The Balaban J connectivity index is 2.07. The summed E-state index contributed by atoms with van der Waals surface area (Å²) in [7, 11) is -4.21. The minimum atomic E-state index is -4.21. The quantitative estimate of drug-likeness (QED) is 0.227. The topological polar surface area (TPSA) is 96.0 Å². The van der Waals surface area contributed by atoms with Gasteiger partial charge in [0.1, 0.15) is 18.3 Å². The van der Waals surface area contributed by atoms with Crippen LogP contribution in [0.3, 0.4) is 0 Å². The minimum absolute atomic E-state index is 0.00671. The highest BCUT2D eigenvalue weighted by molar-refractivity contribution is 7.92. The van der Waals surface area contributed by atoms with Gasteiger partial charge in [-0.25, -0.2) is 8.42 Å². The van der Waals surface area contributed by atoms with Gasteiger partial charge in [0.25, 0.3) is 10.0 Å². The molecular weight excluding hydrogens is 597 g/mol. The molecule has 3 aromatic carbocycles. The fourth-order valence-corrected chi connectivity index (χ4v) is 6.31. The van der Waals surface area contributed by atoms with Gasteiger partial charge in [0, 0.05) is 28.7 Å². The van der Waals surface area contributed by atoms with Gasteiger partial charge in [0.2, 0.25) is 11.8 Å². The van der Waals surface area contributed by atoms with Crippen LogP contribution in [0.1, 0.15) is 44.7 Å². The van der Waals surface area contributed by atoms with Crippen molar-refractivity contribution in [3.05, 3.63) is 87.9 Å². The van der Waals surface area contributed by atoms with Gasteiger partial charge in [-0.05, 0) is 75.2 Å².